The van der Waals surface area contributed by atoms with E-state index in [1.165, 1.54) is 18.4 Å². The second-order valence-electron chi connectivity index (χ2n) is 10.3. The molecule has 2 heterocycles. The van der Waals surface area contributed by atoms with Crippen LogP contribution < -0.4 is 9.16 Å². The fourth-order valence-corrected chi connectivity index (χ4v) is 6.32. The smallest absolute Gasteiger partial charge is 0.351 e. The number of hydrogen-bond donors (Lipinski definition) is 0. The molecule has 0 saturated carbocycles. The number of carbonyl (C=O) groups excluding carboxylic acids is 1. The number of imidazole rings is 1. The number of ether oxygens (including phenoxy) is 2. The average molecular weight is 622 g/mol. The lowest BCUT2D eigenvalue weighted by Crippen LogP contribution is -2.44. The Balaban J connectivity index is 1.68. The maximum Gasteiger partial charge on any atom is 0.351 e. The first-order valence-corrected chi connectivity index (χ1v) is 16.7. The van der Waals surface area contributed by atoms with Crippen LogP contribution in [0.1, 0.15) is 49.0 Å². The predicted molar refractivity (Wildman–Crippen MR) is 156 cm³/mol. The summed E-state index contributed by atoms with van der Waals surface area (Å²) in [6.07, 6.45) is 1.28. The van der Waals surface area contributed by atoms with Gasteiger partial charge in [0.05, 0.1) is 23.2 Å². The Morgan fingerprint density at radius 1 is 1.16 bits per heavy atom. The Labute approximate surface area is 235 Å². The number of halogens is 2. The summed E-state index contributed by atoms with van der Waals surface area (Å²) in [6.45, 7) is 12.8. The molecule has 0 amide bonds. The van der Waals surface area contributed by atoms with E-state index in [0.717, 1.165) is 26.1 Å². The number of nitrogens with zero attached hydrogens (tertiary/aromatic N) is 2. The van der Waals surface area contributed by atoms with Gasteiger partial charge in [-0.25, -0.2) is 9.78 Å². The third kappa shape index (κ3) is 5.60. The van der Waals surface area contributed by atoms with Crippen LogP contribution in [0.15, 0.2) is 53.3 Å². The molecular weight excluding hydrogens is 592 g/mol. The van der Waals surface area contributed by atoms with E-state index < -0.39 is 20.4 Å². The summed E-state index contributed by atoms with van der Waals surface area (Å²) in [5.74, 6) is 0.605. The van der Waals surface area contributed by atoms with Crippen LogP contribution in [0.4, 0.5) is 0 Å². The zero-order valence-corrected chi connectivity index (χ0v) is 26.0. The number of thiophene rings is 1. The molecule has 10 heteroatoms. The van der Waals surface area contributed by atoms with Crippen molar-refractivity contribution in [2.75, 3.05) is 7.11 Å². The summed E-state index contributed by atoms with van der Waals surface area (Å²) in [7, 11) is -0.729. The fourth-order valence-electron chi connectivity index (χ4n) is 3.57. The first-order chi connectivity index (χ1) is 17.3. The second kappa shape index (κ2) is 10.4. The van der Waals surface area contributed by atoms with Crippen LogP contribution in [0.3, 0.4) is 0 Å². The zero-order valence-electron chi connectivity index (χ0n) is 21.9. The van der Waals surface area contributed by atoms with Gasteiger partial charge in [0, 0.05) is 16.1 Å². The number of methoxy groups -OCH3 is 1. The third-order valence-corrected chi connectivity index (χ3v) is 13.0. The fraction of sp³-hybridized carbons (Fsp3) is 0.333. The van der Waals surface area contributed by atoms with E-state index in [0.29, 0.717) is 21.4 Å². The van der Waals surface area contributed by atoms with E-state index in [9.17, 15) is 4.79 Å². The Kier molecular flexibility index (Phi) is 7.81. The highest BCUT2D eigenvalue weighted by Gasteiger charge is 2.39. The van der Waals surface area contributed by atoms with Crippen molar-refractivity contribution in [3.8, 4) is 16.5 Å². The topological polar surface area (TPSA) is 62.6 Å². The molecule has 196 valence electrons. The van der Waals surface area contributed by atoms with Gasteiger partial charge in [0.15, 0.2) is 4.88 Å². The highest BCUT2D eigenvalue weighted by atomic mass is 79.9. The van der Waals surface area contributed by atoms with Crippen molar-refractivity contribution in [2.24, 2.45) is 0 Å². The number of hydrogen-bond acceptors (Lipinski definition) is 6. The van der Waals surface area contributed by atoms with E-state index in [1.807, 2.05) is 54.0 Å². The minimum Gasteiger partial charge on any atom is -0.542 e. The van der Waals surface area contributed by atoms with Crippen LogP contribution in [0, 0.1) is 0 Å². The summed E-state index contributed by atoms with van der Waals surface area (Å²) in [4.78, 5) is 17.5. The van der Waals surface area contributed by atoms with Crippen LogP contribution in [0.25, 0.3) is 16.0 Å². The van der Waals surface area contributed by atoms with Gasteiger partial charge >= 0.3 is 5.97 Å². The second-order valence-corrected chi connectivity index (χ2v) is 17.3. The predicted octanol–water partition coefficient (Wildman–Crippen LogP) is 8.81. The molecule has 0 bridgehead atoms. The number of benzene rings is 2. The maximum absolute atomic E-state index is 12.7. The highest BCUT2D eigenvalue weighted by molar-refractivity contribution is 9.10. The molecule has 1 atom stereocenters. The van der Waals surface area contributed by atoms with Crippen molar-refractivity contribution < 1.29 is 18.7 Å². The van der Waals surface area contributed by atoms with E-state index in [2.05, 4.69) is 54.8 Å². The zero-order chi connectivity index (χ0) is 27.1. The molecule has 2 aromatic carbocycles. The molecule has 1 unspecified atom stereocenters. The number of fused-ring (bicyclic) bond motifs is 1. The van der Waals surface area contributed by atoms with Crippen molar-refractivity contribution >= 4 is 64.2 Å². The van der Waals surface area contributed by atoms with Crippen LogP contribution in [0.2, 0.25) is 23.2 Å². The molecule has 0 aliphatic rings. The standard InChI is InChI=1S/C27H30BrClN2O4SSi/c1-16(18-9-8-10-21(24(18)29)35-37(6,7)27(2,3)4)34-22-14-23(36-25(22)26(32)33-5)31-15-30-19-13-17(28)11-12-20(19)31/h8-16H,1-7H3. The van der Waals surface area contributed by atoms with Crippen molar-refractivity contribution in [2.45, 2.75) is 51.9 Å². The molecule has 0 spiro atoms. The SMILES string of the molecule is COC(=O)c1sc(-n2cnc3cc(Br)ccc32)cc1OC(C)c1cccc(O[Si](C)(C)C(C)(C)C)c1Cl. The molecule has 2 aromatic heterocycles. The maximum atomic E-state index is 12.7. The molecule has 0 aliphatic carbocycles. The van der Waals surface area contributed by atoms with Crippen molar-refractivity contribution in [1.82, 2.24) is 9.55 Å². The van der Waals surface area contributed by atoms with Crippen molar-refractivity contribution in [3.63, 3.8) is 0 Å². The van der Waals surface area contributed by atoms with Gasteiger partial charge < -0.3 is 13.9 Å². The van der Waals surface area contributed by atoms with Gasteiger partial charge in [-0.2, -0.15) is 0 Å². The number of esters is 1. The molecule has 37 heavy (non-hydrogen) atoms. The normalized spacial score (nSPS) is 13.0. The van der Waals surface area contributed by atoms with Gasteiger partial charge in [0.1, 0.15) is 28.9 Å². The summed E-state index contributed by atoms with van der Waals surface area (Å²) in [6, 6.07) is 13.4. The number of rotatable bonds is 7. The van der Waals surface area contributed by atoms with Crippen LogP contribution in [0.5, 0.6) is 11.5 Å². The van der Waals surface area contributed by atoms with Crippen LogP contribution in [-0.4, -0.2) is 30.9 Å². The van der Waals surface area contributed by atoms with E-state index in [1.54, 1.807) is 6.33 Å². The molecule has 0 aliphatic heterocycles. The molecule has 4 rings (SSSR count). The Hall–Kier alpha value is -2.33. The summed E-state index contributed by atoms with van der Waals surface area (Å²) in [5.41, 5.74) is 2.53. The summed E-state index contributed by atoms with van der Waals surface area (Å²) in [5, 5.41) is 1.33. The summed E-state index contributed by atoms with van der Waals surface area (Å²) < 4.78 is 20.7. The largest absolute Gasteiger partial charge is 0.542 e. The van der Waals surface area contributed by atoms with Gasteiger partial charge in [0.2, 0.25) is 0 Å². The molecule has 0 N–H and O–H groups in total. The first kappa shape index (κ1) is 27.7. The molecular formula is C27H30BrClN2O4SSi. The Bertz CT molecular complexity index is 1460. The number of carbonyl (C=O) groups is 1. The molecule has 0 radical (unpaired) electrons. The lowest BCUT2D eigenvalue weighted by atomic mass is 10.1. The monoisotopic (exact) mass is 620 g/mol. The molecule has 4 aromatic rings. The number of aromatic nitrogens is 2. The van der Waals surface area contributed by atoms with Crippen LogP contribution >= 0.6 is 38.9 Å². The van der Waals surface area contributed by atoms with Crippen molar-refractivity contribution in [3.05, 3.63) is 68.7 Å². The van der Waals surface area contributed by atoms with Gasteiger partial charge in [-0.05, 0) is 49.3 Å². The quantitative estimate of drug-likeness (QED) is 0.152. The van der Waals surface area contributed by atoms with Crippen LogP contribution in [-0.2, 0) is 4.74 Å². The van der Waals surface area contributed by atoms with E-state index >= 15 is 0 Å². The first-order valence-electron chi connectivity index (χ1n) is 11.8. The lowest BCUT2D eigenvalue weighted by molar-refractivity contribution is 0.0600. The van der Waals surface area contributed by atoms with E-state index in [-0.39, 0.29) is 5.04 Å². The Morgan fingerprint density at radius 2 is 1.89 bits per heavy atom. The summed E-state index contributed by atoms with van der Waals surface area (Å²) >= 11 is 11.6. The highest BCUT2D eigenvalue weighted by Crippen LogP contribution is 2.42. The van der Waals surface area contributed by atoms with Gasteiger partial charge in [-0.3, -0.25) is 4.57 Å². The van der Waals surface area contributed by atoms with Gasteiger partial charge in [-0.15, -0.1) is 11.3 Å². The minimum absolute atomic E-state index is 0.0323. The molecule has 0 fully saturated rings. The Morgan fingerprint density at radius 3 is 2.57 bits per heavy atom. The molecule has 6 nitrogen and oxygen atoms in total. The average Bonchev–Trinajstić information content (AvgIpc) is 3.42. The van der Waals surface area contributed by atoms with Gasteiger partial charge in [0.25, 0.3) is 8.32 Å². The third-order valence-electron chi connectivity index (χ3n) is 6.71. The van der Waals surface area contributed by atoms with Crippen molar-refractivity contribution in [1.29, 1.82) is 0 Å². The lowest BCUT2D eigenvalue weighted by Gasteiger charge is -2.37. The van der Waals surface area contributed by atoms with E-state index in [4.69, 9.17) is 25.5 Å². The minimum atomic E-state index is -2.09. The van der Waals surface area contributed by atoms with Gasteiger partial charge in [-0.1, -0.05) is 60.4 Å². The molecule has 0 saturated heterocycles.